The molecule has 0 aromatic heterocycles. The summed E-state index contributed by atoms with van der Waals surface area (Å²) in [5.74, 6) is -0.317. The summed E-state index contributed by atoms with van der Waals surface area (Å²) in [6.45, 7) is 1.90. The molecule has 0 radical (unpaired) electrons. The smallest absolute Gasteiger partial charge is 0.271 e. The number of carbonyl (C=O) groups excluding carboxylic acids is 1. The minimum Gasteiger partial charge on any atom is -0.507 e. The highest BCUT2D eigenvalue weighted by molar-refractivity contribution is 6.33. The second-order valence-corrected chi connectivity index (χ2v) is 4.65. The molecular weight excluding hydrogens is 276 g/mol. The highest BCUT2D eigenvalue weighted by Gasteiger charge is 2.05. The van der Waals surface area contributed by atoms with Gasteiger partial charge in [-0.05, 0) is 31.2 Å². The van der Waals surface area contributed by atoms with Crippen LogP contribution < -0.4 is 5.43 Å². The Labute approximate surface area is 121 Å². The number of hydrazone groups is 1. The van der Waals surface area contributed by atoms with E-state index >= 15 is 0 Å². The lowest BCUT2D eigenvalue weighted by Gasteiger charge is -2.02. The zero-order valence-electron chi connectivity index (χ0n) is 10.8. The molecule has 0 aliphatic carbocycles. The Morgan fingerprint density at radius 3 is 2.75 bits per heavy atom. The highest BCUT2D eigenvalue weighted by Crippen LogP contribution is 2.22. The fourth-order valence-electron chi connectivity index (χ4n) is 1.66. The molecule has 0 bridgehead atoms. The molecule has 0 aliphatic heterocycles. The average molecular weight is 289 g/mol. The number of hydrogen-bond acceptors (Lipinski definition) is 3. The van der Waals surface area contributed by atoms with Gasteiger partial charge in [0.05, 0.1) is 16.8 Å². The largest absolute Gasteiger partial charge is 0.507 e. The number of aryl methyl sites for hydroxylation is 1. The van der Waals surface area contributed by atoms with Crippen molar-refractivity contribution >= 4 is 23.7 Å². The third-order valence-corrected chi connectivity index (χ3v) is 3.00. The predicted octanol–water partition coefficient (Wildman–Crippen LogP) is 3.12. The molecule has 0 saturated heterocycles. The lowest BCUT2D eigenvalue weighted by Crippen LogP contribution is -2.17. The van der Waals surface area contributed by atoms with Crippen LogP contribution in [0.3, 0.4) is 0 Å². The Bertz CT molecular complexity index is 648. The van der Waals surface area contributed by atoms with E-state index in [0.717, 1.165) is 5.56 Å². The Morgan fingerprint density at radius 2 is 2.05 bits per heavy atom. The number of nitrogens with zero attached hydrogens (tertiary/aromatic N) is 1. The molecule has 1 amide bonds. The zero-order valence-corrected chi connectivity index (χ0v) is 11.6. The maximum atomic E-state index is 11.8. The Morgan fingerprint density at radius 1 is 1.30 bits per heavy atom. The third kappa shape index (κ3) is 3.36. The number of amides is 1. The maximum absolute atomic E-state index is 11.8. The number of phenolic OH excluding ortho intramolecular Hbond substituents is 1. The zero-order chi connectivity index (χ0) is 14.5. The van der Waals surface area contributed by atoms with Crippen LogP contribution in [0.1, 0.15) is 21.5 Å². The number of phenols is 1. The van der Waals surface area contributed by atoms with Gasteiger partial charge in [-0.3, -0.25) is 4.79 Å². The van der Waals surface area contributed by atoms with Crippen molar-refractivity contribution in [3.63, 3.8) is 0 Å². The lowest BCUT2D eigenvalue weighted by atomic mass is 10.1. The quantitative estimate of drug-likeness (QED) is 0.673. The minimum absolute atomic E-state index is 0.00561. The first-order valence-electron chi connectivity index (χ1n) is 5.95. The molecule has 0 fully saturated rings. The van der Waals surface area contributed by atoms with Crippen LogP contribution >= 0.6 is 11.6 Å². The van der Waals surface area contributed by atoms with Crippen LogP contribution in [0.4, 0.5) is 0 Å². The van der Waals surface area contributed by atoms with E-state index in [1.807, 2.05) is 13.0 Å². The molecule has 0 saturated carbocycles. The Kier molecular flexibility index (Phi) is 4.38. The van der Waals surface area contributed by atoms with Gasteiger partial charge in [0.25, 0.3) is 5.91 Å². The number of hydrogen-bond donors (Lipinski definition) is 2. The Balaban J connectivity index is 2.09. The van der Waals surface area contributed by atoms with E-state index in [1.54, 1.807) is 30.3 Å². The summed E-state index contributed by atoms with van der Waals surface area (Å²) >= 11 is 5.92. The van der Waals surface area contributed by atoms with Crippen LogP contribution in [0.25, 0.3) is 0 Å². The third-order valence-electron chi connectivity index (χ3n) is 2.67. The van der Waals surface area contributed by atoms with Crippen molar-refractivity contribution in [3.8, 4) is 5.75 Å². The van der Waals surface area contributed by atoms with Gasteiger partial charge >= 0.3 is 0 Å². The van der Waals surface area contributed by atoms with Gasteiger partial charge in [0.15, 0.2) is 0 Å². The maximum Gasteiger partial charge on any atom is 0.271 e. The van der Waals surface area contributed by atoms with Crippen LogP contribution in [0, 0.1) is 6.92 Å². The number of halogens is 1. The van der Waals surface area contributed by atoms with Crippen molar-refractivity contribution in [3.05, 3.63) is 64.2 Å². The van der Waals surface area contributed by atoms with Crippen molar-refractivity contribution in [1.29, 1.82) is 0 Å². The standard InChI is InChI=1S/C15H13ClN2O2/c1-10-4-2-5-11(8-10)15(20)18-17-9-12-13(16)6-3-7-14(12)19/h2-9,19H,1H3,(H,18,20). The summed E-state index contributed by atoms with van der Waals surface area (Å²) < 4.78 is 0. The molecule has 0 unspecified atom stereocenters. The average Bonchev–Trinajstić information content (AvgIpc) is 2.42. The van der Waals surface area contributed by atoms with Crippen LogP contribution in [0.15, 0.2) is 47.6 Å². The van der Waals surface area contributed by atoms with Crippen LogP contribution in [0.5, 0.6) is 5.75 Å². The fraction of sp³-hybridized carbons (Fsp3) is 0.0667. The number of aromatic hydroxyl groups is 1. The number of nitrogens with one attached hydrogen (secondary N) is 1. The summed E-state index contributed by atoms with van der Waals surface area (Å²) in [6, 6.07) is 11.9. The van der Waals surface area contributed by atoms with Gasteiger partial charge in [-0.1, -0.05) is 35.4 Å². The predicted molar refractivity (Wildman–Crippen MR) is 79.4 cm³/mol. The van der Waals surface area contributed by atoms with E-state index in [9.17, 15) is 9.90 Å². The van der Waals surface area contributed by atoms with Crippen LogP contribution in [0.2, 0.25) is 5.02 Å². The summed E-state index contributed by atoms with van der Waals surface area (Å²) in [6.07, 6.45) is 1.31. The number of carbonyl (C=O) groups is 1. The topological polar surface area (TPSA) is 61.7 Å². The molecule has 20 heavy (non-hydrogen) atoms. The molecule has 102 valence electrons. The normalized spacial score (nSPS) is 10.7. The monoisotopic (exact) mass is 288 g/mol. The molecule has 0 spiro atoms. The second-order valence-electron chi connectivity index (χ2n) is 4.24. The van der Waals surface area contributed by atoms with Gasteiger partial charge in [-0.25, -0.2) is 5.43 Å². The van der Waals surface area contributed by atoms with Gasteiger partial charge in [0.2, 0.25) is 0 Å². The molecule has 4 nitrogen and oxygen atoms in total. The minimum atomic E-state index is -0.323. The van der Waals surface area contributed by atoms with Crippen molar-refractivity contribution in [2.75, 3.05) is 0 Å². The van der Waals surface area contributed by atoms with E-state index in [0.29, 0.717) is 16.1 Å². The molecule has 2 N–H and O–H groups in total. The molecule has 2 aromatic rings. The molecule has 2 aromatic carbocycles. The highest BCUT2D eigenvalue weighted by atomic mass is 35.5. The molecule has 2 rings (SSSR count). The van der Waals surface area contributed by atoms with Crippen molar-refractivity contribution < 1.29 is 9.90 Å². The lowest BCUT2D eigenvalue weighted by molar-refractivity contribution is 0.0955. The summed E-state index contributed by atoms with van der Waals surface area (Å²) in [5.41, 5.74) is 4.26. The number of rotatable bonds is 3. The van der Waals surface area contributed by atoms with Gasteiger partial charge < -0.3 is 5.11 Å². The van der Waals surface area contributed by atoms with E-state index < -0.39 is 0 Å². The van der Waals surface area contributed by atoms with Crippen LogP contribution in [-0.4, -0.2) is 17.2 Å². The molecule has 0 heterocycles. The van der Waals surface area contributed by atoms with Crippen molar-refractivity contribution in [2.24, 2.45) is 5.10 Å². The Hall–Kier alpha value is -2.33. The van der Waals surface area contributed by atoms with Gasteiger partial charge in [-0.2, -0.15) is 5.10 Å². The first-order chi connectivity index (χ1) is 9.58. The fourth-order valence-corrected chi connectivity index (χ4v) is 1.88. The SMILES string of the molecule is Cc1cccc(C(=O)NN=Cc2c(O)cccc2Cl)c1. The van der Waals surface area contributed by atoms with Gasteiger partial charge in [0, 0.05) is 5.56 Å². The molecule has 0 aliphatic rings. The molecule has 5 heteroatoms. The van der Waals surface area contributed by atoms with Crippen LogP contribution in [-0.2, 0) is 0 Å². The van der Waals surface area contributed by atoms with E-state index in [1.165, 1.54) is 12.3 Å². The first-order valence-corrected chi connectivity index (χ1v) is 6.33. The summed E-state index contributed by atoms with van der Waals surface area (Å²) in [5, 5.41) is 13.8. The van der Waals surface area contributed by atoms with E-state index in [-0.39, 0.29) is 11.7 Å². The molecule has 0 atom stereocenters. The van der Waals surface area contributed by atoms with E-state index in [2.05, 4.69) is 10.5 Å². The van der Waals surface area contributed by atoms with Gasteiger partial charge in [0.1, 0.15) is 5.75 Å². The summed E-state index contributed by atoms with van der Waals surface area (Å²) in [7, 11) is 0. The van der Waals surface area contributed by atoms with Gasteiger partial charge in [-0.15, -0.1) is 0 Å². The van der Waals surface area contributed by atoms with E-state index in [4.69, 9.17) is 11.6 Å². The number of benzene rings is 2. The van der Waals surface area contributed by atoms with Crippen molar-refractivity contribution in [1.82, 2.24) is 5.43 Å². The molecular formula is C15H13ClN2O2. The first kappa shape index (κ1) is 14.1. The summed E-state index contributed by atoms with van der Waals surface area (Å²) in [4.78, 5) is 11.8. The second kappa shape index (κ2) is 6.21. The van der Waals surface area contributed by atoms with Crippen molar-refractivity contribution in [2.45, 2.75) is 6.92 Å².